The Bertz CT molecular complexity index is 746. The van der Waals surface area contributed by atoms with Crippen LogP contribution in [0.4, 0.5) is 4.39 Å². The summed E-state index contributed by atoms with van der Waals surface area (Å²) in [5, 5.41) is 0.481. The van der Waals surface area contributed by atoms with E-state index in [1.165, 1.54) is 23.9 Å². The summed E-state index contributed by atoms with van der Waals surface area (Å²) < 4.78 is 36.8. The van der Waals surface area contributed by atoms with E-state index in [0.29, 0.717) is 18.1 Å². The number of halogens is 1. The molecule has 0 aliphatic carbocycles. The van der Waals surface area contributed by atoms with Crippen molar-refractivity contribution in [2.24, 2.45) is 4.99 Å². The van der Waals surface area contributed by atoms with Gasteiger partial charge in [-0.25, -0.2) is 12.8 Å². The van der Waals surface area contributed by atoms with Crippen molar-refractivity contribution in [3.05, 3.63) is 35.6 Å². The largest absolute Gasteiger partial charge is 0.342 e. The molecule has 2 fully saturated rings. The molecule has 2 aliphatic heterocycles. The zero-order valence-corrected chi connectivity index (χ0v) is 14.2. The van der Waals surface area contributed by atoms with Crippen LogP contribution in [0.25, 0.3) is 0 Å². The predicted octanol–water partition coefficient (Wildman–Crippen LogP) is 1.83. The third-order valence-electron chi connectivity index (χ3n) is 3.96. The molecule has 3 rings (SSSR count). The minimum absolute atomic E-state index is 0.0746. The Kier molecular flexibility index (Phi) is 4.46. The number of rotatable bonds is 3. The standard InChI is InChI=1S/C15H17FN2O3S2/c1-2-14(19)17-15-18(7-10-3-5-11(16)6-4-10)12-8-23(20,21)9-13(12)22-15/h3-6,12-13H,2,7-9H2,1H3/t12-,13-/m1/s1. The molecule has 0 aromatic heterocycles. The van der Waals surface area contributed by atoms with Gasteiger partial charge in [-0.15, -0.1) is 0 Å². The summed E-state index contributed by atoms with van der Waals surface area (Å²) in [6, 6.07) is 5.88. The molecule has 0 N–H and O–H groups in total. The number of amidine groups is 1. The molecule has 1 aromatic rings. The van der Waals surface area contributed by atoms with Crippen molar-refractivity contribution in [1.29, 1.82) is 0 Å². The molecule has 0 spiro atoms. The van der Waals surface area contributed by atoms with Crippen molar-refractivity contribution >= 4 is 32.7 Å². The van der Waals surface area contributed by atoms with Crippen molar-refractivity contribution in [2.75, 3.05) is 11.5 Å². The van der Waals surface area contributed by atoms with Gasteiger partial charge in [-0.1, -0.05) is 30.8 Å². The van der Waals surface area contributed by atoms with Crippen LogP contribution in [-0.4, -0.2) is 47.2 Å². The zero-order chi connectivity index (χ0) is 16.6. The fourth-order valence-electron chi connectivity index (χ4n) is 2.79. The number of aliphatic imine (C=N–C) groups is 1. The van der Waals surface area contributed by atoms with Crippen LogP contribution >= 0.6 is 11.8 Å². The number of amides is 1. The number of hydrogen-bond acceptors (Lipinski definition) is 4. The van der Waals surface area contributed by atoms with Crippen LogP contribution in [0.3, 0.4) is 0 Å². The molecule has 0 bridgehead atoms. The molecular formula is C15H17FN2O3S2. The van der Waals surface area contributed by atoms with Gasteiger partial charge < -0.3 is 4.90 Å². The second-order valence-electron chi connectivity index (χ2n) is 5.70. The van der Waals surface area contributed by atoms with Crippen molar-refractivity contribution in [2.45, 2.75) is 31.2 Å². The maximum Gasteiger partial charge on any atom is 0.247 e. The lowest BCUT2D eigenvalue weighted by Crippen LogP contribution is -2.37. The highest BCUT2D eigenvalue weighted by Gasteiger charge is 2.48. The fourth-order valence-corrected chi connectivity index (χ4v) is 6.76. The molecular weight excluding hydrogens is 339 g/mol. The van der Waals surface area contributed by atoms with Gasteiger partial charge in [0.1, 0.15) is 5.82 Å². The zero-order valence-electron chi connectivity index (χ0n) is 12.6. The molecule has 2 aliphatic rings. The van der Waals surface area contributed by atoms with Crippen LogP contribution in [0.2, 0.25) is 0 Å². The van der Waals surface area contributed by atoms with Crippen LogP contribution < -0.4 is 0 Å². The molecule has 0 saturated carbocycles. The minimum Gasteiger partial charge on any atom is -0.342 e. The first-order valence-corrected chi connectivity index (χ1v) is 10.1. The van der Waals surface area contributed by atoms with E-state index in [1.807, 2.05) is 4.90 Å². The number of fused-ring (bicyclic) bond motifs is 1. The average Bonchev–Trinajstić information content (AvgIpc) is 2.94. The topological polar surface area (TPSA) is 66.8 Å². The quantitative estimate of drug-likeness (QED) is 0.827. The van der Waals surface area contributed by atoms with E-state index in [0.717, 1.165) is 5.56 Å². The van der Waals surface area contributed by atoms with Crippen LogP contribution in [0.15, 0.2) is 29.3 Å². The fraction of sp³-hybridized carbons (Fsp3) is 0.467. The summed E-state index contributed by atoms with van der Waals surface area (Å²) in [7, 11) is -3.06. The highest BCUT2D eigenvalue weighted by molar-refractivity contribution is 8.15. The molecule has 2 heterocycles. The molecule has 23 heavy (non-hydrogen) atoms. The normalized spacial score (nSPS) is 27.4. The van der Waals surface area contributed by atoms with Crippen LogP contribution in [0.1, 0.15) is 18.9 Å². The van der Waals surface area contributed by atoms with E-state index < -0.39 is 9.84 Å². The summed E-state index contributed by atoms with van der Waals surface area (Å²) >= 11 is 1.36. The smallest absolute Gasteiger partial charge is 0.247 e. The van der Waals surface area contributed by atoms with Crippen molar-refractivity contribution in [3.8, 4) is 0 Å². The van der Waals surface area contributed by atoms with Crippen molar-refractivity contribution in [3.63, 3.8) is 0 Å². The second-order valence-corrected chi connectivity index (χ2v) is 9.06. The highest BCUT2D eigenvalue weighted by Crippen LogP contribution is 2.39. The Morgan fingerprint density at radius 2 is 2.04 bits per heavy atom. The van der Waals surface area contributed by atoms with E-state index >= 15 is 0 Å². The highest BCUT2D eigenvalue weighted by atomic mass is 32.2. The maximum absolute atomic E-state index is 13.0. The molecule has 2 saturated heterocycles. The number of benzene rings is 1. The van der Waals surface area contributed by atoms with Gasteiger partial charge in [0.15, 0.2) is 15.0 Å². The first-order valence-electron chi connectivity index (χ1n) is 7.37. The molecule has 8 heteroatoms. The predicted molar refractivity (Wildman–Crippen MR) is 88.5 cm³/mol. The number of carbonyl (C=O) groups excluding carboxylic acids is 1. The second kappa shape index (κ2) is 6.24. The van der Waals surface area contributed by atoms with Gasteiger partial charge in [0, 0.05) is 18.2 Å². The Hall–Kier alpha value is -1.41. The van der Waals surface area contributed by atoms with Gasteiger partial charge in [-0.3, -0.25) is 4.79 Å². The Balaban J connectivity index is 1.88. The number of hydrogen-bond donors (Lipinski definition) is 0. The minimum atomic E-state index is -3.06. The van der Waals surface area contributed by atoms with E-state index in [-0.39, 0.29) is 34.5 Å². The molecule has 0 radical (unpaired) electrons. The van der Waals surface area contributed by atoms with Crippen LogP contribution in [0, 0.1) is 5.82 Å². The summed E-state index contributed by atoms with van der Waals surface area (Å²) in [6.45, 7) is 2.15. The van der Waals surface area contributed by atoms with E-state index in [9.17, 15) is 17.6 Å². The maximum atomic E-state index is 13.0. The van der Waals surface area contributed by atoms with Gasteiger partial charge in [0.2, 0.25) is 5.91 Å². The van der Waals surface area contributed by atoms with Gasteiger partial charge >= 0.3 is 0 Å². The van der Waals surface area contributed by atoms with Crippen molar-refractivity contribution < 1.29 is 17.6 Å². The molecule has 5 nitrogen and oxygen atoms in total. The molecule has 2 atom stereocenters. The van der Waals surface area contributed by atoms with E-state index in [4.69, 9.17) is 0 Å². The summed E-state index contributed by atoms with van der Waals surface area (Å²) in [5.41, 5.74) is 0.855. The van der Waals surface area contributed by atoms with Crippen LogP contribution in [0.5, 0.6) is 0 Å². The number of nitrogens with zero attached hydrogens (tertiary/aromatic N) is 2. The Morgan fingerprint density at radius 3 is 2.70 bits per heavy atom. The first-order chi connectivity index (χ1) is 10.9. The number of carbonyl (C=O) groups is 1. The summed E-state index contributed by atoms with van der Waals surface area (Å²) in [6.07, 6.45) is 0.308. The van der Waals surface area contributed by atoms with Crippen LogP contribution in [-0.2, 0) is 21.2 Å². The third kappa shape index (κ3) is 3.58. The number of thioether (sulfide) groups is 1. The lowest BCUT2D eigenvalue weighted by molar-refractivity contribution is -0.117. The Labute approximate surface area is 138 Å². The van der Waals surface area contributed by atoms with Crippen molar-refractivity contribution in [1.82, 2.24) is 4.90 Å². The SMILES string of the molecule is CCC(=O)N=C1S[C@@H]2CS(=O)(=O)C[C@H]2N1Cc1ccc(F)cc1. The Morgan fingerprint density at radius 1 is 1.35 bits per heavy atom. The average molecular weight is 356 g/mol. The molecule has 0 unspecified atom stereocenters. The monoisotopic (exact) mass is 356 g/mol. The first kappa shape index (κ1) is 16.4. The molecule has 1 amide bonds. The van der Waals surface area contributed by atoms with Gasteiger partial charge in [-0.05, 0) is 17.7 Å². The van der Waals surface area contributed by atoms with Gasteiger partial charge in [0.05, 0.1) is 17.5 Å². The van der Waals surface area contributed by atoms with Gasteiger partial charge in [-0.2, -0.15) is 4.99 Å². The summed E-state index contributed by atoms with van der Waals surface area (Å²) in [5.74, 6) is -0.354. The van der Waals surface area contributed by atoms with Gasteiger partial charge in [0.25, 0.3) is 0 Å². The third-order valence-corrected chi connectivity index (χ3v) is 7.21. The lowest BCUT2D eigenvalue weighted by Gasteiger charge is -2.24. The van der Waals surface area contributed by atoms with E-state index in [1.54, 1.807) is 19.1 Å². The summed E-state index contributed by atoms with van der Waals surface area (Å²) in [4.78, 5) is 17.7. The van der Waals surface area contributed by atoms with E-state index in [2.05, 4.69) is 4.99 Å². The number of sulfone groups is 1. The molecule has 124 valence electrons. The molecule has 1 aromatic carbocycles. The lowest BCUT2D eigenvalue weighted by atomic mass is 10.1.